The molecule has 1 aromatic rings. The van der Waals surface area contributed by atoms with E-state index in [9.17, 15) is 9.59 Å². The Bertz CT molecular complexity index is 550. The maximum absolute atomic E-state index is 12.1. The molecule has 5 heteroatoms. The largest absolute Gasteiger partial charge is 0.329 e. The molecule has 1 heterocycles. The summed E-state index contributed by atoms with van der Waals surface area (Å²) in [6, 6.07) is 5.58. The van der Waals surface area contributed by atoms with Gasteiger partial charge in [0, 0.05) is 24.3 Å². The van der Waals surface area contributed by atoms with Crippen molar-refractivity contribution in [3.05, 3.63) is 23.8 Å². The van der Waals surface area contributed by atoms with E-state index in [4.69, 9.17) is 5.73 Å². The van der Waals surface area contributed by atoms with Crippen molar-refractivity contribution in [2.24, 2.45) is 11.1 Å². The van der Waals surface area contributed by atoms with Gasteiger partial charge in [-0.05, 0) is 43.0 Å². The molecule has 1 saturated carbocycles. The first-order valence-corrected chi connectivity index (χ1v) is 6.57. The van der Waals surface area contributed by atoms with Crippen molar-refractivity contribution in [2.75, 3.05) is 17.2 Å². The molecule has 1 fully saturated rings. The molecule has 0 saturated heterocycles. The van der Waals surface area contributed by atoms with Crippen molar-refractivity contribution in [1.29, 1.82) is 0 Å². The summed E-state index contributed by atoms with van der Waals surface area (Å²) >= 11 is 0. The van der Waals surface area contributed by atoms with Gasteiger partial charge in [-0.1, -0.05) is 0 Å². The quantitative estimate of drug-likeness (QED) is 0.763. The molecule has 0 unspecified atom stereocenters. The molecule has 1 aromatic carbocycles. The lowest BCUT2D eigenvalue weighted by molar-refractivity contribution is -0.120. The Morgan fingerprint density at radius 1 is 1.37 bits per heavy atom. The fourth-order valence-electron chi connectivity index (χ4n) is 2.40. The maximum Gasteiger partial charge on any atom is 0.231 e. The summed E-state index contributed by atoms with van der Waals surface area (Å²) in [5.41, 5.74) is 7.98. The van der Waals surface area contributed by atoms with Gasteiger partial charge in [0.25, 0.3) is 0 Å². The number of carbonyl (C=O) groups excluding carboxylic acids is 2. The van der Waals surface area contributed by atoms with Crippen LogP contribution in [0.3, 0.4) is 0 Å². The number of hydrogen-bond acceptors (Lipinski definition) is 3. The second-order valence-electron chi connectivity index (χ2n) is 5.36. The van der Waals surface area contributed by atoms with E-state index in [1.165, 1.54) is 0 Å². The van der Waals surface area contributed by atoms with Crippen LogP contribution in [0.2, 0.25) is 0 Å². The lowest BCUT2D eigenvalue weighted by atomic mass is 10.0. The first-order chi connectivity index (χ1) is 9.13. The molecule has 2 aliphatic rings. The van der Waals surface area contributed by atoms with Crippen LogP contribution in [0.15, 0.2) is 18.2 Å². The average Bonchev–Trinajstić information content (AvgIpc) is 3.20. The van der Waals surface area contributed by atoms with Gasteiger partial charge in [-0.25, -0.2) is 0 Å². The molecular formula is C14H17N3O2. The summed E-state index contributed by atoms with van der Waals surface area (Å²) < 4.78 is 0. The van der Waals surface area contributed by atoms with Gasteiger partial charge < -0.3 is 16.4 Å². The van der Waals surface area contributed by atoms with Crippen LogP contribution in [0.5, 0.6) is 0 Å². The Kier molecular flexibility index (Phi) is 2.78. The zero-order valence-corrected chi connectivity index (χ0v) is 10.7. The molecule has 3 rings (SSSR count). The van der Waals surface area contributed by atoms with E-state index in [1.807, 2.05) is 18.2 Å². The fourth-order valence-corrected chi connectivity index (χ4v) is 2.40. The average molecular weight is 259 g/mol. The number of aryl methyl sites for hydroxylation is 1. The number of nitrogens with two attached hydrogens (primary N) is 1. The van der Waals surface area contributed by atoms with E-state index in [1.54, 1.807) is 0 Å². The predicted octanol–water partition coefficient (Wildman–Crippen LogP) is 1.25. The van der Waals surface area contributed by atoms with Crippen molar-refractivity contribution in [3.63, 3.8) is 0 Å². The van der Waals surface area contributed by atoms with Crippen LogP contribution in [0.4, 0.5) is 11.4 Å². The van der Waals surface area contributed by atoms with Crippen molar-refractivity contribution < 1.29 is 9.59 Å². The molecule has 19 heavy (non-hydrogen) atoms. The molecule has 4 N–H and O–H groups in total. The molecule has 5 nitrogen and oxygen atoms in total. The minimum atomic E-state index is -0.343. The highest BCUT2D eigenvalue weighted by atomic mass is 16.2. The number of nitrogens with one attached hydrogen (secondary N) is 2. The van der Waals surface area contributed by atoms with E-state index in [2.05, 4.69) is 10.6 Å². The van der Waals surface area contributed by atoms with Crippen molar-refractivity contribution in [2.45, 2.75) is 25.7 Å². The Hall–Kier alpha value is -1.88. The lowest BCUT2D eigenvalue weighted by Crippen LogP contribution is -2.31. The topological polar surface area (TPSA) is 84.2 Å². The van der Waals surface area contributed by atoms with Gasteiger partial charge in [-0.3, -0.25) is 9.59 Å². The Morgan fingerprint density at radius 3 is 2.84 bits per heavy atom. The van der Waals surface area contributed by atoms with Gasteiger partial charge in [0.1, 0.15) is 0 Å². The van der Waals surface area contributed by atoms with Crippen LogP contribution in [0, 0.1) is 5.41 Å². The molecule has 0 bridgehead atoms. The summed E-state index contributed by atoms with van der Waals surface area (Å²) in [7, 11) is 0. The Labute approximate surface area is 111 Å². The smallest absolute Gasteiger partial charge is 0.231 e. The van der Waals surface area contributed by atoms with Crippen molar-refractivity contribution >= 4 is 23.2 Å². The van der Waals surface area contributed by atoms with E-state index in [-0.39, 0.29) is 17.2 Å². The predicted molar refractivity (Wildman–Crippen MR) is 72.7 cm³/mol. The third-order valence-electron chi connectivity index (χ3n) is 3.98. The first kappa shape index (κ1) is 12.2. The molecular weight excluding hydrogens is 242 g/mol. The van der Waals surface area contributed by atoms with E-state index in [0.717, 1.165) is 29.8 Å². The number of anilines is 2. The van der Waals surface area contributed by atoms with Crippen LogP contribution in [-0.2, 0) is 16.0 Å². The van der Waals surface area contributed by atoms with Gasteiger partial charge in [-0.15, -0.1) is 0 Å². The van der Waals surface area contributed by atoms with Gasteiger partial charge in [0.15, 0.2) is 0 Å². The monoisotopic (exact) mass is 259 g/mol. The summed E-state index contributed by atoms with van der Waals surface area (Å²) in [4.78, 5) is 23.4. The molecule has 0 aromatic heterocycles. The normalized spacial score (nSPS) is 19.3. The van der Waals surface area contributed by atoms with Gasteiger partial charge in [0.2, 0.25) is 11.8 Å². The summed E-state index contributed by atoms with van der Waals surface area (Å²) in [5.74, 6) is 0.0548. The highest BCUT2D eigenvalue weighted by Gasteiger charge is 2.48. The van der Waals surface area contributed by atoms with E-state index < -0.39 is 0 Å². The first-order valence-electron chi connectivity index (χ1n) is 6.57. The van der Waals surface area contributed by atoms with Gasteiger partial charge in [0.05, 0.1) is 5.41 Å². The standard InChI is InChI=1S/C14H17N3O2/c15-8-14(5-6-14)13(19)16-10-2-3-11-9(7-10)1-4-12(18)17-11/h2-3,7H,1,4-6,8,15H2,(H,16,19)(H,17,18). The molecule has 0 spiro atoms. The maximum atomic E-state index is 12.1. The number of fused-ring (bicyclic) bond motifs is 1. The summed E-state index contributed by atoms with van der Waals surface area (Å²) in [6.45, 7) is 0.403. The highest BCUT2D eigenvalue weighted by molar-refractivity contribution is 5.98. The molecule has 2 amide bonds. The lowest BCUT2D eigenvalue weighted by Gasteiger charge is -2.19. The Balaban J connectivity index is 1.76. The van der Waals surface area contributed by atoms with Crippen molar-refractivity contribution in [3.8, 4) is 0 Å². The second-order valence-corrected chi connectivity index (χ2v) is 5.36. The third-order valence-corrected chi connectivity index (χ3v) is 3.98. The van der Waals surface area contributed by atoms with Crippen molar-refractivity contribution in [1.82, 2.24) is 0 Å². The number of benzene rings is 1. The second kappa shape index (κ2) is 4.35. The van der Waals surface area contributed by atoms with Crippen LogP contribution in [-0.4, -0.2) is 18.4 Å². The molecule has 0 radical (unpaired) electrons. The number of hydrogen-bond donors (Lipinski definition) is 3. The zero-order chi connectivity index (χ0) is 13.5. The van der Waals surface area contributed by atoms with Crippen LogP contribution < -0.4 is 16.4 Å². The summed E-state index contributed by atoms with van der Waals surface area (Å²) in [6.07, 6.45) is 2.96. The van der Waals surface area contributed by atoms with Gasteiger partial charge in [-0.2, -0.15) is 0 Å². The van der Waals surface area contributed by atoms with Crippen LogP contribution in [0.1, 0.15) is 24.8 Å². The molecule has 1 aliphatic carbocycles. The zero-order valence-electron chi connectivity index (χ0n) is 10.7. The van der Waals surface area contributed by atoms with Gasteiger partial charge >= 0.3 is 0 Å². The number of carbonyl (C=O) groups is 2. The molecule has 0 atom stereocenters. The van der Waals surface area contributed by atoms with Crippen LogP contribution in [0.25, 0.3) is 0 Å². The van der Waals surface area contributed by atoms with E-state index >= 15 is 0 Å². The fraction of sp³-hybridized carbons (Fsp3) is 0.429. The van der Waals surface area contributed by atoms with E-state index in [0.29, 0.717) is 19.4 Å². The minimum absolute atomic E-state index is 0.00907. The molecule has 100 valence electrons. The third kappa shape index (κ3) is 2.21. The van der Waals surface area contributed by atoms with Crippen LogP contribution >= 0.6 is 0 Å². The molecule has 1 aliphatic heterocycles. The SMILES string of the molecule is NCC1(C(=O)Nc2ccc3c(c2)CCC(=O)N3)CC1. The summed E-state index contributed by atoms with van der Waals surface area (Å²) in [5, 5.41) is 5.75. The highest BCUT2D eigenvalue weighted by Crippen LogP contribution is 2.45. The number of rotatable bonds is 3. The number of amides is 2. The minimum Gasteiger partial charge on any atom is -0.329 e. The Morgan fingerprint density at radius 2 is 2.16 bits per heavy atom.